The maximum atomic E-state index is 3.56. The van der Waals surface area contributed by atoms with Crippen LogP contribution in [0.3, 0.4) is 0 Å². The van der Waals surface area contributed by atoms with Gasteiger partial charge in [0.25, 0.3) is 0 Å². The number of allylic oxidation sites excluding steroid dienone is 4. The summed E-state index contributed by atoms with van der Waals surface area (Å²) in [4.78, 5) is 0. The third kappa shape index (κ3) is 11.5. The number of hydrogen-bond donors (Lipinski definition) is 0. The van der Waals surface area contributed by atoms with E-state index in [2.05, 4.69) is 119 Å². The largest absolute Gasteiger partial charge is 0.0991 e. The molecule has 0 unspecified atom stereocenters. The van der Waals surface area contributed by atoms with Crippen molar-refractivity contribution in [3.63, 3.8) is 0 Å². The van der Waals surface area contributed by atoms with Crippen molar-refractivity contribution in [2.24, 2.45) is 0 Å². The van der Waals surface area contributed by atoms with Crippen molar-refractivity contribution < 1.29 is 0 Å². The number of hydrogen-bond acceptors (Lipinski definition) is 0. The molecule has 3 aromatic carbocycles. The lowest BCUT2D eigenvalue weighted by atomic mass is 10.1. The van der Waals surface area contributed by atoms with Crippen LogP contribution in [0, 0.1) is 20.8 Å². The Morgan fingerprint density at radius 2 is 1.17 bits per heavy atom. The Bertz CT molecular complexity index is 918. The maximum Gasteiger partial charge on any atom is -0.0254 e. The molecule has 0 heterocycles. The van der Waals surface area contributed by atoms with Crippen LogP contribution in [0.15, 0.2) is 116 Å². The van der Waals surface area contributed by atoms with Crippen LogP contribution in [0.4, 0.5) is 0 Å². The van der Waals surface area contributed by atoms with Crippen molar-refractivity contribution in [2.45, 2.75) is 27.7 Å². The van der Waals surface area contributed by atoms with Gasteiger partial charge in [-0.15, -0.1) is 0 Å². The van der Waals surface area contributed by atoms with E-state index in [9.17, 15) is 0 Å². The van der Waals surface area contributed by atoms with E-state index < -0.39 is 0 Å². The van der Waals surface area contributed by atoms with E-state index in [1.807, 2.05) is 19.1 Å². The molecule has 0 nitrogen and oxygen atoms in total. The summed E-state index contributed by atoms with van der Waals surface area (Å²) in [5, 5.41) is 0. The summed E-state index contributed by atoms with van der Waals surface area (Å²) in [6, 6.07) is 27.3. The Kier molecular flexibility index (Phi) is 12.0. The minimum atomic E-state index is 1.15. The highest BCUT2D eigenvalue weighted by atomic mass is 13.9. The molecule has 0 atom stereocenters. The fourth-order valence-corrected chi connectivity index (χ4v) is 2.42. The minimum Gasteiger partial charge on any atom is -0.0991 e. The quantitative estimate of drug-likeness (QED) is 0.306. The smallest absolute Gasteiger partial charge is 0.0254 e. The zero-order chi connectivity index (χ0) is 22.2. The van der Waals surface area contributed by atoms with Gasteiger partial charge in [0.15, 0.2) is 0 Å². The molecule has 0 aliphatic carbocycles. The van der Waals surface area contributed by atoms with E-state index in [1.54, 1.807) is 12.2 Å². The zero-order valence-electron chi connectivity index (χ0n) is 18.8. The van der Waals surface area contributed by atoms with Gasteiger partial charge in [0.1, 0.15) is 0 Å². The molecule has 3 aromatic rings. The van der Waals surface area contributed by atoms with E-state index in [0.29, 0.717) is 0 Å². The minimum absolute atomic E-state index is 1.15. The second-order valence-electron chi connectivity index (χ2n) is 7.16. The number of aryl methyl sites for hydroxylation is 3. The van der Waals surface area contributed by atoms with Gasteiger partial charge in [0, 0.05) is 0 Å². The van der Waals surface area contributed by atoms with Crippen LogP contribution < -0.4 is 0 Å². The third-order valence-corrected chi connectivity index (χ3v) is 4.23. The lowest BCUT2D eigenvalue weighted by Gasteiger charge is -1.95. The van der Waals surface area contributed by atoms with Crippen LogP contribution in [0.1, 0.15) is 34.7 Å². The maximum absolute atomic E-state index is 3.56. The monoisotopic (exact) mass is 394 g/mol. The summed E-state index contributed by atoms with van der Waals surface area (Å²) >= 11 is 0. The highest BCUT2D eigenvalue weighted by Gasteiger charge is 1.87. The van der Waals surface area contributed by atoms with Crippen LogP contribution >= 0.6 is 0 Å². The van der Waals surface area contributed by atoms with Gasteiger partial charge in [-0.2, -0.15) is 0 Å². The Balaban J connectivity index is 0.000000254. The van der Waals surface area contributed by atoms with Crippen molar-refractivity contribution in [3.8, 4) is 0 Å². The van der Waals surface area contributed by atoms with E-state index in [4.69, 9.17) is 0 Å². The first kappa shape index (κ1) is 24.7. The summed E-state index contributed by atoms with van der Waals surface area (Å²) in [5.41, 5.74) is 7.59. The Hall–Kier alpha value is -3.38. The molecule has 0 bridgehead atoms. The van der Waals surface area contributed by atoms with Gasteiger partial charge in [-0.25, -0.2) is 0 Å². The average Bonchev–Trinajstić information content (AvgIpc) is 2.76. The van der Waals surface area contributed by atoms with E-state index >= 15 is 0 Å². The fourth-order valence-electron chi connectivity index (χ4n) is 2.42. The molecule has 30 heavy (non-hydrogen) atoms. The molecule has 0 aliphatic heterocycles. The highest BCUT2D eigenvalue weighted by Crippen LogP contribution is 2.09. The van der Waals surface area contributed by atoms with Gasteiger partial charge in [-0.1, -0.05) is 145 Å². The summed E-state index contributed by atoms with van der Waals surface area (Å²) in [6.45, 7) is 15.4. The molecule has 0 N–H and O–H groups in total. The molecule has 154 valence electrons. The van der Waals surface area contributed by atoms with Crippen molar-refractivity contribution in [2.75, 3.05) is 0 Å². The molecule has 0 saturated heterocycles. The first-order valence-electron chi connectivity index (χ1n) is 10.2. The average molecular weight is 395 g/mol. The molecule has 0 saturated carbocycles. The highest BCUT2D eigenvalue weighted by molar-refractivity contribution is 5.69. The molecular formula is C30H34. The van der Waals surface area contributed by atoms with Crippen LogP contribution in [0.25, 0.3) is 12.2 Å². The molecule has 0 radical (unpaired) electrons. The molecule has 0 aliphatic rings. The van der Waals surface area contributed by atoms with Crippen molar-refractivity contribution in [1.29, 1.82) is 0 Å². The van der Waals surface area contributed by atoms with E-state index in [-0.39, 0.29) is 0 Å². The summed E-state index contributed by atoms with van der Waals surface area (Å²) in [7, 11) is 0. The zero-order valence-corrected chi connectivity index (χ0v) is 18.8. The van der Waals surface area contributed by atoms with Crippen molar-refractivity contribution in [3.05, 3.63) is 144 Å². The van der Waals surface area contributed by atoms with Gasteiger partial charge in [-0.05, 0) is 38.8 Å². The molecule has 0 fully saturated rings. The third-order valence-electron chi connectivity index (χ3n) is 4.23. The molecule has 0 amide bonds. The van der Waals surface area contributed by atoms with Crippen LogP contribution in [0.5, 0.6) is 0 Å². The Morgan fingerprint density at radius 1 is 0.633 bits per heavy atom. The van der Waals surface area contributed by atoms with Gasteiger partial charge in [-0.3, -0.25) is 0 Å². The second kappa shape index (κ2) is 14.6. The standard InChI is InChI=1S/C15H14.C8H10.C7H10/c1-13-6-5-9-15(12-13)11-10-14-7-3-2-4-8-14;1-7-3-5-8(2)6-4-7;1-4-6-7(3)5-2/h2-12H,1H3;3-6H,1-2H3;4-6H,1-2H2,3H3/b11-10+;;7-6-. The van der Waals surface area contributed by atoms with Crippen LogP contribution in [-0.4, -0.2) is 0 Å². The van der Waals surface area contributed by atoms with Gasteiger partial charge in [0.2, 0.25) is 0 Å². The predicted octanol–water partition coefficient (Wildman–Crippen LogP) is 8.77. The SMILES string of the molecule is C=C/C=C(/C)C=C.Cc1ccc(C)cc1.Cc1cccc(/C=C/c2ccccc2)c1. The molecule has 0 spiro atoms. The van der Waals surface area contributed by atoms with Crippen molar-refractivity contribution >= 4 is 12.2 Å². The predicted molar refractivity (Wildman–Crippen MR) is 137 cm³/mol. The molecular weight excluding hydrogens is 360 g/mol. The topological polar surface area (TPSA) is 0 Å². The van der Waals surface area contributed by atoms with Gasteiger partial charge < -0.3 is 0 Å². The molecule has 0 aromatic heterocycles. The first-order valence-corrected chi connectivity index (χ1v) is 10.2. The first-order chi connectivity index (χ1) is 14.4. The summed E-state index contributed by atoms with van der Waals surface area (Å²) in [5.74, 6) is 0. The Morgan fingerprint density at radius 3 is 1.63 bits per heavy atom. The number of benzene rings is 3. The number of rotatable bonds is 4. The van der Waals surface area contributed by atoms with E-state index in [1.165, 1.54) is 27.8 Å². The van der Waals surface area contributed by atoms with Crippen molar-refractivity contribution in [1.82, 2.24) is 0 Å². The van der Waals surface area contributed by atoms with E-state index in [0.717, 1.165) is 5.57 Å². The normalized spacial score (nSPS) is 10.3. The van der Waals surface area contributed by atoms with Gasteiger partial charge >= 0.3 is 0 Å². The summed E-state index contributed by atoms with van der Waals surface area (Å²) in [6.07, 6.45) is 9.72. The van der Waals surface area contributed by atoms with Gasteiger partial charge in [0.05, 0.1) is 0 Å². The molecule has 3 rings (SSSR count). The van der Waals surface area contributed by atoms with Crippen LogP contribution in [0.2, 0.25) is 0 Å². The fraction of sp³-hybridized carbons (Fsp3) is 0.133. The lowest BCUT2D eigenvalue weighted by molar-refractivity contribution is 1.40. The lowest BCUT2D eigenvalue weighted by Crippen LogP contribution is -1.74. The molecule has 0 heteroatoms. The Labute approximate surface area is 183 Å². The second-order valence-corrected chi connectivity index (χ2v) is 7.16. The van der Waals surface area contributed by atoms with Crippen LogP contribution in [-0.2, 0) is 0 Å². The summed E-state index contributed by atoms with van der Waals surface area (Å²) < 4.78 is 0.